The molecule has 3 aliphatic rings. The number of carbonyl (C=O) groups is 2. The lowest BCUT2D eigenvalue weighted by Gasteiger charge is -2.45. The molecular formula is C18H31N3O3. The number of nitrogens with one attached hydrogen (secondary N) is 1. The number of aliphatic hydroxyl groups excluding tert-OH is 1. The lowest BCUT2D eigenvalue weighted by Crippen LogP contribution is -2.66. The Morgan fingerprint density at radius 3 is 2.29 bits per heavy atom. The van der Waals surface area contributed by atoms with Crippen molar-refractivity contribution in [3.05, 3.63) is 0 Å². The molecule has 1 aliphatic carbocycles. The number of aliphatic hydroxyl groups is 1. The van der Waals surface area contributed by atoms with E-state index in [2.05, 4.69) is 10.2 Å². The monoisotopic (exact) mass is 337 g/mol. The molecule has 2 heterocycles. The van der Waals surface area contributed by atoms with E-state index >= 15 is 0 Å². The van der Waals surface area contributed by atoms with Crippen LogP contribution in [-0.2, 0) is 9.59 Å². The quantitative estimate of drug-likeness (QED) is 0.737. The summed E-state index contributed by atoms with van der Waals surface area (Å²) in [5, 5.41) is 12.5. The fourth-order valence-corrected chi connectivity index (χ4v) is 4.57. The molecule has 0 spiro atoms. The zero-order valence-electron chi connectivity index (χ0n) is 14.9. The molecule has 3 fully saturated rings. The number of rotatable bonds is 4. The van der Waals surface area contributed by atoms with Crippen molar-refractivity contribution in [2.75, 3.05) is 26.2 Å². The average Bonchev–Trinajstić information content (AvgIpc) is 2.58. The Balaban J connectivity index is 1.50. The minimum Gasteiger partial charge on any atom is -0.393 e. The molecule has 0 aromatic heterocycles. The Labute approximate surface area is 144 Å². The van der Waals surface area contributed by atoms with Crippen molar-refractivity contribution in [2.24, 2.45) is 11.8 Å². The summed E-state index contributed by atoms with van der Waals surface area (Å²) >= 11 is 0. The second kappa shape index (κ2) is 7.40. The molecule has 4 atom stereocenters. The van der Waals surface area contributed by atoms with E-state index in [0.29, 0.717) is 6.04 Å². The predicted octanol–water partition coefficient (Wildman–Crippen LogP) is 0.595. The summed E-state index contributed by atoms with van der Waals surface area (Å²) in [5.74, 6) is -0.762. The van der Waals surface area contributed by atoms with E-state index in [-0.39, 0.29) is 23.8 Å². The third kappa shape index (κ3) is 3.45. The van der Waals surface area contributed by atoms with E-state index in [9.17, 15) is 14.7 Å². The SMILES string of the molecule is C[C@@H](O)[C@H]1C(=O)N[C@@H]1[C@@H](C)C(=O)N1CCN(C2CCCCC2)CC1. The van der Waals surface area contributed by atoms with Gasteiger partial charge in [0.2, 0.25) is 11.8 Å². The number of hydrogen-bond donors (Lipinski definition) is 2. The van der Waals surface area contributed by atoms with Gasteiger partial charge in [-0.3, -0.25) is 14.5 Å². The fraction of sp³-hybridized carbons (Fsp3) is 0.889. The molecule has 0 aromatic carbocycles. The Kier molecular flexibility index (Phi) is 5.45. The number of hydrogen-bond acceptors (Lipinski definition) is 4. The standard InChI is InChI=1S/C18H31N3O3/c1-12(16-15(13(2)22)17(23)19-16)18(24)21-10-8-20(9-11-21)14-6-4-3-5-7-14/h12-16,22H,3-11H2,1-2H3,(H,19,23)/t12-,13-,15-,16-/m1/s1. The number of carbonyl (C=O) groups excluding carboxylic acids is 2. The van der Waals surface area contributed by atoms with Crippen molar-refractivity contribution >= 4 is 11.8 Å². The van der Waals surface area contributed by atoms with Crippen LogP contribution in [-0.4, -0.2) is 71.1 Å². The van der Waals surface area contributed by atoms with Crippen molar-refractivity contribution in [3.8, 4) is 0 Å². The molecule has 2 aliphatic heterocycles. The zero-order chi connectivity index (χ0) is 17.3. The third-order valence-electron chi connectivity index (χ3n) is 6.16. The first-order valence-corrected chi connectivity index (χ1v) is 9.50. The summed E-state index contributed by atoms with van der Waals surface area (Å²) in [6.45, 7) is 6.96. The van der Waals surface area contributed by atoms with Crippen LogP contribution >= 0.6 is 0 Å². The van der Waals surface area contributed by atoms with Gasteiger partial charge >= 0.3 is 0 Å². The van der Waals surface area contributed by atoms with Crippen LogP contribution in [0.1, 0.15) is 46.0 Å². The number of amides is 2. The first-order valence-electron chi connectivity index (χ1n) is 9.50. The number of nitrogens with zero attached hydrogens (tertiary/aromatic N) is 2. The van der Waals surface area contributed by atoms with E-state index in [1.165, 1.54) is 32.1 Å². The lowest BCUT2D eigenvalue weighted by molar-refractivity contribution is -0.149. The maximum Gasteiger partial charge on any atom is 0.228 e. The van der Waals surface area contributed by atoms with Gasteiger partial charge in [0.15, 0.2) is 0 Å². The van der Waals surface area contributed by atoms with Crippen LogP contribution in [0.4, 0.5) is 0 Å². The molecule has 136 valence electrons. The van der Waals surface area contributed by atoms with Gasteiger partial charge in [-0.2, -0.15) is 0 Å². The molecule has 6 heteroatoms. The summed E-state index contributed by atoms with van der Waals surface area (Å²) in [6.07, 6.45) is 5.93. The van der Waals surface area contributed by atoms with Crippen LogP contribution in [0.5, 0.6) is 0 Å². The van der Waals surface area contributed by atoms with Crippen LogP contribution in [0.25, 0.3) is 0 Å². The van der Waals surface area contributed by atoms with Gasteiger partial charge in [0.05, 0.1) is 24.0 Å². The first kappa shape index (κ1) is 17.7. The van der Waals surface area contributed by atoms with Gasteiger partial charge in [-0.15, -0.1) is 0 Å². The Bertz CT molecular complexity index is 468. The predicted molar refractivity (Wildman–Crippen MR) is 91.3 cm³/mol. The minimum atomic E-state index is -0.706. The van der Waals surface area contributed by atoms with Crippen LogP contribution in [0.15, 0.2) is 0 Å². The van der Waals surface area contributed by atoms with Gasteiger partial charge in [-0.05, 0) is 19.8 Å². The third-order valence-corrected chi connectivity index (χ3v) is 6.16. The highest BCUT2D eigenvalue weighted by Crippen LogP contribution is 2.28. The van der Waals surface area contributed by atoms with Crippen molar-refractivity contribution in [2.45, 2.75) is 64.1 Å². The molecule has 0 unspecified atom stereocenters. The molecule has 6 nitrogen and oxygen atoms in total. The van der Waals surface area contributed by atoms with Crippen LogP contribution in [0.2, 0.25) is 0 Å². The molecule has 2 N–H and O–H groups in total. The van der Waals surface area contributed by atoms with Crippen molar-refractivity contribution in [1.29, 1.82) is 0 Å². The Hall–Kier alpha value is -1.14. The van der Waals surface area contributed by atoms with Crippen LogP contribution < -0.4 is 5.32 Å². The summed E-state index contributed by atoms with van der Waals surface area (Å²) in [7, 11) is 0. The first-order chi connectivity index (χ1) is 11.5. The molecule has 0 bridgehead atoms. The van der Waals surface area contributed by atoms with Crippen molar-refractivity contribution < 1.29 is 14.7 Å². The van der Waals surface area contributed by atoms with Gasteiger partial charge in [-0.25, -0.2) is 0 Å². The highest BCUT2D eigenvalue weighted by atomic mass is 16.3. The molecular weight excluding hydrogens is 306 g/mol. The highest BCUT2D eigenvalue weighted by molar-refractivity contribution is 5.90. The second-order valence-electron chi connectivity index (χ2n) is 7.74. The molecule has 2 saturated heterocycles. The van der Waals surface area contributed by atoms with E-state index < -0.39 is 12.0 Å². The molecule has 0 radical (unpaired) electrons. The van der Waals surface area contributed by atoms with Gasteiger partial charge in [0, 0.05) is 32.2 Å². The number of piperazine rings is 1. The maximum absolute atomic E-state index is 12.8. The summed E-state index contributed by atoms with van der Waals surface area (Å²) < 4.78 is 0. The summed E-state index contributed by atoms with van der Waals surface area (Å²) in [4.78, 5) is 28.9. The molecule has 3 rings (SSSR count). The van der Waals surface area contributed by atoms with E-state index in [0.717, 1.165) is 26.2 Å². The van der Waals surface area contributed by atoms with Gasteiger partial charge < -0.3 is 15.3 Å². The summed E-state index contributed by atoms with van der Waals surface area (Å²) in [6, 6.07) is 0.473. The normalized spacial score (nSPS) is 32.0. The largest absolute Gasteiger partial charge is 0.393 e. The molecule has 24 heavy (non-hydrogen) atoms. The number of β-lactam (4-membered cyclic amide) rings is 1. The van der Waals surface area contributed by atoms with Gasteiger partial charge in [-0.1, -0.05) is 26.2 Å². The van der Waals surface area contributed by atoms with Gasteiger partial charge in [0.25, 0.3) is 0 Å². The minimum absolute atomic E-state index is 0.106. The lowest BCUT2D eigenvalue weighted by atomic mass is 9.78. The van der Waals surface area contributed by atoms with E-state index in [1.54, 1.807) is 6.92 Å². The molecule has 2 amide bonds. The van der Waals surface area contributed by atoms with Gasteiger partial charge in [0.1, 0.15) is 0 Å². The van der Waals surface area contributed by atoms with Crippen LogP contribution in [0, 0.1) is 11.8 Å². The van der Waals surface area contributed by atoms with E-state index in [4.69, 9.17) is 0 Å². The smallest absolute Gasteiger partial charge is 0.228 e. The van der Waals surface area contributed by atoms with E-state index in [1.807, 2.05) is 11.8 Å². The van der Waals surface area contributed by atoms with Crippen molar-refractivity contribution in [3.63, 3.8) is 0 Å². The maximum atomic E-state index is 12.8. The second-order valence-corrected chi connectivity index (χ2v) is 7.74. The molecule has 1 saturated carbocycles. The Morgan fingerprint density at radius 2 is 1.75 bits per heavy atom. The average molecular weight is 337 g/mol. The molecule has 0 aromatic rings. The van der Waals surface area contributed by atoms with Crippen LogP contribution in [0.3, 0.4) is 0 Å². The summed E-state index contributed by atoms with van der Waals surface area (Å²) in [5.41, 5.74) is 0. The fourth-order valence-electron chi connectivity index (χ4n) is 4.57. The van der Waals surface area contributed by atoms with Crippen molar-refractivity contribution in [1.82, 2.24) is 15.1 Å². The topological polar surface area (TPSA) is 72.9 Å². The Morgan fingerprint density at radius 1 is 1.12 bits per heavy atom. The highest BCUT2D eigenvalue weighted by Gasteiger charge is 2.48. The zero-order valence-corrected chi connectivity index (χ0v) is 14.9.